The van der Waals surface area contributed by atoms with E-state index in [1.807, 2.05) is 37.6 Å². The predicted octanol–water partition coefficient (Wildman–Crippen LogP) is 7.40. The van der Waals surface area contributed by atoms with Crippen LogP contribution in [0, 0.1) is 0 Å². The molecule has 0 radical (unpaired) electrons. The molecule has 0 unspecified atom stereocenters. The highest BCUT2D eigenvalue weighted by Gasteiger charge is 2.20. The van der Waals surface area contributed by atoms with Crippen LogP contribution < -0.4 is 10.2 Å². The van der Waals surface area contributed by atoms with Gasteiger partial charge in [0.1, 0.15) is 29.2 Å². The van der Waals surface area contributed by atoms with Crippen molar-refractivity contribution in [3.63, 3.8) is 0 Å². The molecule has 0 atom stereocenters. The second kappa shape index (κ2) is 10.2. The van der Waals surface area contributed by atoms with Gasteiger partial charge in [-0.05, 0) is 51.9 Å². The van der Waals surface area contributed by atoms with Crippen LogP contribution in [0.15, 0.2) is 64.0 Å². The summed E-state index contributed by atoms with van der Waals surface area (Å²) in [5.74, 6) is 2.15. The quantitative estimate of drug-likeness (QED) is 0.192. The van der Waals surface area contributed by atoms with Crippen LogP contribution in [-0.2, 0) is 18.5 Å². The number of hydrogen-bond donors (Lipinski definition) is 1. The maximum absolute atomic E-state index is 5.85. The molecule has 5 nitrogen and oxygen atoms in total. The number of aromatic nitrogens is 2. The summed E-state index contributed by atoms with van der Waals surface area (Å²) in [5, 5.41) is 0. The summed E-state index contributed by atoms with van der Waals surface area (Å²) < 4.78 is 8.73. The molecular weight excluding hydrogens is 498 g/mol. The van der Waals surface area contributed by atoms with Crippen LogP contribution in [0.5, 0.6) is 5.75 Å². The number of ether oxygens (including phenoxy) is 1. The first-order valence-corrected chi connectivity index (χ1v) is 12.8. The third-order valence-corrected chi connectivity index (χ3v) is 7.38. The molecule has 4 aromatic rings. The molecule has 1 heterocycles. The Kier molecular flexibility index (Phi) is 7.32. The van der Waals surface area contributed by atoms with Gasteiger partial charge in [-0.25, -0.2) is 4.98 Å². The number of nitrogens with one attached hydrogen (secondary N) is 1. The zero-order valence-corrected chi connectivity index (χ0v) is 21.9. The van der Waals surface area contributed by atoms with Gasteiger partial charge >= 0.3 is 0 Å². The Bertz CT molecular complexity index is 1270. The molecular formula is C26H28BrN3O2S. The van der Waals surface area contributed by atoms with Gasteiger partial charge in [0.05, 0.1) is 17.3 Å². The molecule has 1 aromatic heterocycles. The standard InChI is InChI=1S/C26H28BrN3O2S/c1-16(2)17-10-12-18(13-11-17)26-28-24-23(27)19(14-21(31-4)25(24)30(26)3)15-32-29-20-8-6-7-9-22(20)33-5/h6-14,16,29H,15H2,1-5H3. The molecule has 0 bridgehead atoms. The minimum atomic E-state index is 0.352. The van der Waals surface area contributed by atoms with Crippen molar-refractivity contribution in [3.8, 4) is 17.1 Å². The van der Waals surface area contributed by atoms with Crippen LogP contribution >= 0.6 is 27.7 Å². The van der Waals surface area contributed by atoms with E-state index in [4.69, 9.17) is 14.6 Å². The number of rotatable bonds is 8. The summed E-state index contributed by atoms with van der Waals surface area (Å²) in [5.41, 5.74) is 9.14. The summed E-state index contributed by atoms with van der Waals surface area (Å²) in [6, 6.07) is 18.7. The molecule has 4 rings (SSSR count). The summed E-state index contributed by atoms with van der Waals surface area (Å²) in [6.45, 7) is 4.75. The Balaban J connectivity index is 1.66. The summed E-state index contributed by atoms with van der Waals surface area (Å²) >= 11 is 5.44. The van der Waals surface area contributed by atoms with Crippen molar-refractivity contribution in [3.05, 3.63) is 70.2 Å². The average molecular weight is 527 g/mol. The maximum atomic E-state index is 5.85. The number of benzene rings is 3. The van der Waals surface area contributed by atoms with Crippen LogP contribution in [0.4, 0.5) is 5.69 Å². The number of imidazole rings is 1. The van der Waals surface area contributed by atoms with Crippen molar-refractivity contribution in [1.29, 1.82) is 0 Å². The zero-order chi connectivity index (χ0) is 23.5. The van der Waals surface area contributed by atoms with Gasteiger partial charge in [-0.3, -0.25) is 10.3 Å². The molecule has 1 N–H and O–H groups in total. The lowest BCUT2D eigenvalue weighted by Crippen LogP contribution is -2.04. The molecule has 0 spiro atoms. The fourth-order valence-corrected chi connectivity index (χ4v) is 4.88. The van der Waals surface area contributed by atoms with Gasteiger partial charge < -0.3 is 9.30 Å². The molecule has 7 heteroatoms. The number of hydrogen-bond acceptors (Lipinski definition) is 5. The monoisotopic (exact) mass is 525 g/mol. The first-order valence-electron chi connectivity index (χ1n) is 10.8. The van der Waals surface area contributed by atoms with E-state index < -0.39 is 0 Å². The summed E-state index contributed by atoms with van der Waals surface area (Å²) in [6.07, 6.45) is 2.05. The maximum Gasteiger partial charge on any atom is 0.145 e. The Hall–Kier alpha value is -2.48. The highest BCUT2D eigenvalue weighted by molar-refractivity contribution is 9.10. The normalized spacial score (nSPS) is 11.4. The smallest absolute Gasteiger partial charge is 0.145 e. The predicted molar refractivity (Wildman–Crippen MR) is 141 cm³/mol. The van der Waals surface area contributed by atoms with Gasteiger partial charge in [-0.15, -0.1) is 11.8 Å². The topological polar surface area (TPSA) is 48.3 Å². The minimum Gasteiger partial charge on any atom is -0.494 e. The molecule has 172 valence electrons. The van der Waals surface area contributed by atoms with Gasteiger partial charge in [-0.1, -0.05) is 50.2 Å². The molecule has 3 aromatic carbocycles. The first kappa shape index (κ1) is 23.7. The van der Waals surface area contributed by atoms with Crippen LogP contribution in [0.1, 0.15) is 30.9 Å². The first-order chi connectivity index (χ1) is 15.9. The Labute approximate surface area is 207 Å². The van der Waals surface area contributed by atoms with E-state index in [1.165, 1.54) is 5.56 Å². The average Bonchev–Trinajstić information content (AvgIpc) is 3.18. The molecule has 0 aliphatic carbocycles. The SMILES string of the molecule is COc1cc(CONc2ccccc2SC)c(Br)c2nc(-c3ccc(C(C)C)cc3)n(C)c12. The fourth-order valence-electron chi connectivity index (χ4n) is 3.83. The Morgan fingerprint density at radius 2 is 1.85 bits per heavy atom. The number of anilines is 1. The highest BCUT2D eigenvalue weighted by atomic mass is 79.9. The fraction of sp³-hybridized carbons (Fsp3) is 0.269. The van der Waals surface area contributed by atoms with Crippen molar-refractivity contribution in [2.45, 2.75) is 31.3 Å². The zero-order valence-electron chi connectivity index (χ0n) is 19.5. The number of methoxy groups -OCH3 is 1. The van der Waals surface area contributed by atoms with Gasteiger partial charge in [0.2, 0.25) is 0 Å². The van der Waals surface area contributed by atoms with E-state index in [9.17, 15) is 0 Å². The lowest BCUT2D eigenvalue weighted by molar-refractivity contribution is 0.179. The number of thioether (sulfide) groups is 1. The molecule has 0 saturated carbocycles. The second-order valence-electron chi connectivity index (χ2n) is 8.11. The van der Waals surface area contributed by atoms with Crippen molar-refractivity contribution in [2.75, 3.05) is 18.8 Å². The Morgan fingerprint density at radius 3 is 2.52 bits per heavy atom. The third-order valence-electron chi connectivity index (χ3n) is 5.70. The van der Waals surface area contributed by atoms with Crippen molar-refractivity contribution < 1.29 is 9.57 Å². The van der Waals surface area contributed by atoms with Crippen LogP contribution in [0.2, 0.25) is 0 Å². The summed E-state index contributed by atoms with van der Waals surface area (Å²) in [4.78, 5) is 12.0. The molecule has 0 amide bonds. The Morgan fingerprint density at radius 1 is 1.12 bits per heavy atom. The van der Waals surface area contributed by atoms with E-state index in [0.29, 0.717) is 12.5 Å². The molecule has 0 saturated heterocycles. The van der Waals surface area contributed by atoms with Crippen LogP contribution in [0.25, 0.3) is 22.4 Å². The lowest BCUT2D eigenvalue weighted by atomic mass is 10.0. The number of para-hydroxylation sites is 1. The number of fused-ring (bicyclic) bond motifs is 1. The summed E-state index contributed by atoms with van der Waals surface area (Å²) in [7, 11) is 3.71. The van der Waals surface area contributed by atoms with Crippen molar-refractivity contribution in [2.24, 2.45) is 7.05 Å². The van der Waals surface area contributed by atoms with Crippen LogP contribution in [0.3, 0.4) is 0 Å². The largest absolute Gasteiger partial charge is 0.494 e. The number of halogens is 1. The van der Waals surface area contributed by atoms with E-state index in [-0.39, 0.29) is 0 Å². The van der Waals surface area contributed by atoms with E-state index >= 15 is 0 Å². The van der Waals surface area contributed by atoms with Crippen molar-refractivity contribution >= 4 is 44.4 Å². The van der Waals surface area contributed by atoms with Gasteiger partial charge in [0.25, 0.3) is 0 Å². The number of aryl methyl sites for hydroxylation is 1. The van der Waals surface area contributed by atoms with Crippen molar-refractivity contribution in [1.82, 2.24) is 9.55 Å². The van der Waals surface area contributed by atoms with Gasteiger partial charge in [0.15, 0.2) is 0 Å². The van der Waals surface area contributed by atoms with E-state index in [1.54, 1.807) is 18.9 Å². The second-order valence-corrected chi connectivity index (χ2v) is 9.75. The van der Waals surface area contributed by atoms with E-state index in [2.05, 4.69) is 70.2 Å². The van der Waals surface area contributed by atoms with Gasteiger partial charge in [0, 0.05) is 23.1 Å². The molecule has 0 fully saturated rings. The molecule has 0 aliphatic heterocycles. The molecule has 0 aliphatic rings. The third kappa shape index (κ3) is 4.76. The highest BCUT2D eigenvalue weighted by Crippen LogP contribution is 2.38. The lowest BCUT2D eigenvalue weighted by Gasteiger charge is -2.13. The van der Waals surface area contributed by atoms with E-state index in [0.717, 1.165) is 48.8 Å². The van der Waals surface area contributed by atoms with Crippen LogP contribution in [-0.4, -0.2) is 22.9 Å². The number of nitrogens with zero attached hydrogens (tertiary/aromatic N) is 2. The molecule has 33 heavy (non-hydrogen) atoms. The van der Waals surface area contributed by atoms with Gasteiger partial charge in [-0.2, -0.15) is 0 Å². The minimum absolute atomic E-state index is 0.352.